The lowest BCUT2D eigenvalue weighted by Gasteiger charge is -2.09. The van der Waals surface area contributed by atoms with E-state index in [0.29, 0.717) is 10.8 Å². The van der Waals surface area contributed by atoms with Gasteiger partial charge in [-0.3, -0.25) is 0 Å². The molecule has 0 spiro atoms. The zero-order chi connectivity index (χ0) is 15.6. The predicted octanol–water partition coefficient (Wildman–Crippen LogP) is 5.62. The molecule has 0 saturated heterocycles. The van der Waals surface area contributed by atoms with Gasteiger partial charge in [0.15, 0.2) is 5.15 Å². The van der Waals surface area contributed by atoms with Gasteiger partial charge in [-0.15, -0.1) is 0 Å². The molecule has 1 aromatic heterocycles. The van der Waals surface area contributed by atoms with Gasteiger partial charge in [-0.1, -0.05) is 84.4 Å². The van der Waals surface area contributed by atoms with Crippen LogP contribution in [0.2, 0.25) is 5.15 Å². The first-order chi connectivity index (χ1) is 11.3. The quantitative estimate of drug-likeness (QED) is 0.480. The third-order valence-electron chi connectivity index (χ3n) is 3.78. The molecule has 2 nitrogen and oxygen atoms in total. The van der Waals surface area contributed by atoms with E-state index in [4.69, 9.17) is 16.6 Å². The number of rotatable bonds is 2. The van der Waals surface area contributed by atoms with E-state index in [-0.39, 0.29) is 0 Å². The van der Waals surface area contributed by atoms with E-state index in [1.165, 1.54) is 0 Å². The lowest BCUT2D eigenvalue weighted by Crippen LogP contribution is -1.93. The lowest BCUT2D eigenvalue weighted by atomic mass is 10.0. The predicted molar refractivity (Wildman–Crippen MR) is 95.4 cm³/mol. The van der Waals surface area contributed by atoms with Crippen LogP contribution in [0.5, 0.6) is 0 Å². The summed E-state index contributed by atoms with van der Waals surface area (Å²) in [5.41, 5.74) is 5.49. The maximum atomic E-state index is 6.42. The third kappa shape index (κ3) is 2.58. The fraction of sp³-hybridized carbons (Fsp3) is 0. The summed E-state index contributed by atoms with van der Waals surface area (Å²) < 4.78 is 0. The molecule has 0 atom stereocenters. The molecule has 23 heavy (non-hydrogen) atoms. The number of hydrogen-bond donors (Lipinski definition) is 0. The minimum atomic E-state index is 0.423. The Hall–Kier alpha value is -2.71. The van der Waals surface area contributed by atoms with Gasteiger partial charge in [-0.25, -0.2) is 9.97 Å². The van der Waals surface area contributed by atoms with Crippen molar-refractivity contribution in [3.8, 4) is 22.4 Å². The average molecular weight is 317 g/mol. The van der Waals surface area contributed by atoms with Gasteiger partial charge in [0.05, 0.1) is 11.0 Å². The minimum Gasteiger partial charge on any atom is -0.243 e. The summed E-state index contributed by atoms with van der Waals surface area (Å²) in [6.07, 6.45) is 0. The number of benzene rings is 3. The number of para-hydroxylation sites is 1. The van der Waals surface area contributed by atoms with E-state index < -0.39 is 0 Å². The largest absolute Gasteiger partial charge is 0.243 e. The molecule has 0 amide bonds. The van der Waals surface area contributed by atoms with Crippen LogP contribution in [0.25, 0.3) is 33.4 Å². The van der Waals surface area contributed by atoms with Crippen LogP contribution in [0.1, 0.15) is 0 Å². The van der Waals surface area contributed by atoms with Crippen LogP contribution in [-0.4, -0.2) is 9.97 Å². The Morgan fingerprint density at radius 3 is 1.96 bits per heavy atom. The maximum Gasteiger partial charge on any atom is 0.156 e. The van der Waals surface area contributed by atoms with Gasteiger partial charge in [0.25, 0.3) is 0 Å². The Balaban J connectivity index is 1.96. The van der Waals surface area contributed by atoms with E-state index >= 15 is 0 Å². The molecule has 3 aromatic carbocycles. The molecule has 0 radical (unpaired) electrons. The minimum absolute atomic E-state index is 0.423. The Morgan fingerprint density at radius 1 is 0.609 bits per heavy atom. The highest BCUT2D eigenvalue weighted by Gasteiger charge is 2.12. The number of halogens is 1. The Labute approximate surface area is 139 Å². The van der Waals surface area contributed by atoms with Gasteiger partial charge in [-0.2, -0.15) is 0 Å². The van der Waals surface area contributed by atoms with Crippen molar-refractivity contribution in [2.45, 2.75) is 0 Å². The van der Waals surface area contributed by atoms with Crippen LogP contribution >= 0.6 is 11.6 Å². The molecule has 1 heterocycles. The topological polar surface area (TPSA) is 25.8 Å². The second-order valence-corrected chi connectivity index (χ2v) is 5.63. The summed E-state index contributed by atoms with van der Waals surface area (Å²) in [5, 5.41) is 0.423. The average Bonchev–Trinajstić information content (AvgIpc) is 2.62. The first kappa shape index (κ1) is 13.9. The van der Waals surface area contributed by atoms with Crippen LogP contribution in [0.3, 0.4) is 0 Å². The van der Waals surface area contributed by atoms with Crippen LogP contribution in [0.15, 0.2) is 78.9 Å². The van der Waals surface area contributed by atoms with Crippen molar-refractivity contribution in [2.75, 3.05) is 0 Å². The Bertz CT molecular complexity index is 967. The Morgan fingerprint density at radius 2 is 1.26 bits per heavy atom. The molecule has 3 heteroatoms. The fourth-order valence-corrected chi connectivity index (χ4v) is 2.92. The number of aromatic nitrogens is 2. The SMILES string of the molecule is Clc1nc2c(-c3ccccc3)cccc2nc1-c1ccccc1. The smallest absolute Gasteiger partial charge is 0.156 e. The first-order valence-electron chi connectivity index (χ1n) is 7.40. The van der Waals surface area contributed by atoms with E-state index in [9.17, 15) is 0 Å². The van der Waals surface area contributed by atoms with Crippen molar-refractivity contribution in [1.29, 1.82) is 0 Å². The summed E-state index contributed by atoms with van der Waals surface area (Å²) in [6, 6.07) is 26.1. The van der Waals surface area contributed by atoms with Gasteiger partial charge in [0.2, 0.25) is 0 Å². The molecule has 0 fully saturated rings. The van der Waals surface area contributed by atoms with Crippen LogP contribution in [-0.2, 0) is 0 Å². The summed E-state index contributed by atoms with van der Waals surface area (Å²) in [7, 11) is 0. The number of fused-ring (bicyclic) bond motifs is 1. The highest BCUT2D eigenvalue weighted by molar-refractivity contribution is 6.32. The molecule has 0 unspecified atom stereocenters. The van der Waals surface area contributed by atoms with Crippen LogP contribution < -0.4 is 0 Å². The summed E-state index contributed by atoms with van der Waals surface area (Å²) >= 11 is 6.42. The second kappa shape index (κ2) is 5.82. The van der Waals surface area contributed by atoms with Gasteiger partial charge < -0.3 is 0 Å². The molecule has 110 valence electrons. The maximum absolute atomic E-state index is 6.42. The monoisotopic (exact) mass is 316 g/mol. The summed E-state index contributed by atoms with van der Waals surface area (Å²) in [6.45, 7) is 0. The van der Waals surface area contributed by atoms with Gasteiger partial charge in [-0.05, 0) is 11.6 Å². The first-order valence-corrected chi connectivity index (χ1v) is 7.78. The van der Waals surface area contributed by atoms with Crippen molar-refractivity contribution < 1.29 is 0 Å². The molecule has 0 saturated carbocycles. The zero-order valence-electron chi connectivity index (χ0n) is 12.3. The zero-order valence-corrected chi connectivity index (χ0v) is 13.0. The van der Waals surface area contributed by atoms with Gasteiger partial charge >= 0.3 is 0 Å². The number of nitrogens with zero attached hydrogens (tertiary/aromatic N) is 2. The Kier molecular flexibility index (Phi) is 3.52. The molecule has 0 aliphatic carbocycles. The van der Waals surface area contributed by atoms with Crippen LogP contribution in [0.4, 0.5) is 0 Å². The van der Waals surface area contributed by atoms with Gasteiger partial charge in [0.1, 0.15) is 5.69 Å². The molecule has 0 aliphatic rings. The molecular formula is C20H13ClN2. The molecule has 0 aliphatic heterocycles. The number of hydrogen-bond acceptors (Lipinski definition) is 2. The van der Waals surface area contributed by atoms with E-state index in [0.717, 1.165) is 27.7 Å². The van der Waals surface area contributed by atoms with Crippen molar-refractivity contribution >= 4 is 22.6 Å². The normalized spacial score (nSPS) is 10.8. The van der Waals surface area contributed by atoms with Crippen LogP contribution in [0, 0.1) is 0 Å². The highest BCUT2D eigenvalue weighted by Crippen LogP contribution is 2.31. The van der Waals surface area contributed by atoms with Crippen molar-refractivity contribution in [2.24, 2.45) is 0 Å². The summed E-state index contributed by atoms with van der Waals surface area (Å²) in [4.78, 5) is 9.37. The van der Waals surface area contributed by atoms with Crippen molar-refractivity contribution in [1.82, 2.24) is 9.97 Å². The molecule has 4 rings (SSSR count). The van der Waals surface area contributed by atoms with Crippen molar-refractivity contribution in [3.63, 3.8) is 0 Å². The second-order valence-electron chi connectivity index (χ2n) is 5.27. The van der Waals surface area contributed by atoms with Crippen molar-refractivity contribution in [3.05, 3.63) is 84.0 Å². The third-order valence-corrected chi connectivity index (χ3v) is 4.05. The molecule has 0 bridgehead atoms. The summed E-state index contributed by atoms with van der Waals surface area (Å²) in [5.74, 6) is 0. The molecular weight excluding hydrogens is 304 g/mol. The van der Waals surface area contributed by atoms with Gasteiger partial charge in [0, 0.05) is 11.1 Å². The standard InChI is InChI=1S/C20H13ClN2/c21-20-18(15-10-5-2-6-11-15)22-17-13-7-12-16(19(17)23-20)14-8-3-1-4-9-14/h1-13H. The lowest BCUT2D eigenvalue weighted by molar-refractivity contribution is 1.29. The molecule has 0 N–H and O–H groups in total. The molecule has 4 aromatic rings. The highest BCUT2D eigenvalue weighted by atomic mass is 35.5. The van der Waals surface area contributed by atoms with E-state index in [1.54, 1.807) is 0 Å². The van der Waals surface area contributed by atoms with E-state index in [1.807, 2.05) is 66.7 Å². The van der Waals surface area contributed by atoms with E-state index in [2.05, 4.69) is 17.1 Å². The fourth-order valence-electron chi connectivity index (χ4n) is 2.69.